The van der Waals surface area contributed by atoms with Crippen LogP contribution in [0.15, 0.2) is 0 Å². The normalized spacial score (nSPS) is 11.0. The molecule has 0 amide bonds. The zero-order valence-electron chi connectivity index (χ0n) is 10.1. The molecule has 15 heavy (non-hydrogen) atoms. The first-order valence-electron chi connectivity index (χ1n) is 5.24. The lowest BCUT2D eigenvalue weighted by atomic mass is 10.1. The molecule has 3 nitrogen and oxygen atoms in total. The molecule has 86 valence electrons. The van der Waals surface area contributed by atoms with Gasteiger partial charge in [0, 0.05) is 25.0 Å². The third kappa shape index (κ3) is 6.98. The Labute approximate surface area is 92.5 Å². The summed E-state index contributed by atoms with van der Waals surface area (Å²) in [7, 11) is 0. The van der Waals surface area contributed by atoms with Crippen LogP contribution < -0.4 is 0 Å². The van der Waals surface area contributed by atoms with Gasteiger partial charge in [0.05, 0.1) is 6.42 Å². The second-order valence-corrected chi connectivity index (χ2v) is 4.48. The van der Waals surface area contributed by atoms with Gasteiger partial charge in [-0.2, -0.15) is 0 Å². The van der Waals surface area contributed by atoms with Gasteiger partial charge in [0.25, 0.3) is 0 Å². The maximum absolute atomic E-state index is 10.5. The molecular formula is C12H21NO2. The van der Waals surface area contributed by atoms with E-state index in [0.29, 0.717) is 6.54 Å². The number of carboxylic acid groups (broad SMARTS) is 1. The molecule has 1 N–H and O–H groups in total. The largest absolute Gasteiger partial charge is 0.481 e. The molecule has 0 aliphatic heterocycles. The van der Waals surface area contributed by atoms with E-state index in [-0.39, 0.29) is 12.0 Å². The molecule has 0 rings (SSSR count). The van der Waals surface area contributed by atoms with Gasteiger partial charge in [-0.3, -0.25) is 9.69 Å². The van der Waals surface area contributed by atoms with Crippen molar-refractivity contribution in [2.75, 3.05) is 13.1 Å². The number of hydrogen-bond acceptors (Lipinski definition) is 2. The Morgan fingerprint density at radius 3 is 2.33 bits per heavy atom. The van der Waals surface area contributed by atoms with Crippen LogP contribution in [0.25, 0.3) is 0 Å². The summed E-state index contributed by atoms with van der Waals surface area (Å²) < 4.78 is 0. The molecule has 0 radical (unpaired) electrons. The van der Waals surface area contributed by atoms with Crippen molar-refractivity contribution in [3.8, 4) is 11.8 Å². The van der Waals surface area contributed by atoms with E-state index in [4.69, 9.17) is 5.11 Å². The molecule has 0 aliphatic rings. The van der Waals surface area contributed by atoms with Gasteiger partial charge < -0.3 is 5.11 Å². The van der Waals surface area contributed by atoms with E-state index in [9.17, 15) is 4.79 Å². The Morgan fingerprint density at radius 1 is 1.33 bits per heavy atom. The third-order valence-electron chi connectivity index (χ3n) is 2.23. The number of carboxylic acids is 1. The van der Waals surface area contributed by atoms with Gasteiger partial charge >= 0.3 is 5.97 Å². The summed E-state index contributed by atoms with van der Waals surface area (Å²) in [6.07, 6.45) is 0.990. The minimum atomic E-state index is -0.745. The fourth-order valence-electron chi connectivity index (χ4n) is 1.33. The first-order chi connectivity index (χ1) is 6.88. The molecule has 0 aromatic heterocycles. The molecular weight excluding hydrogens is 190 g/mol. The van der Waals surface area contributed by atoms with Gasteiger partial charge in [-0.1, -0.05) is 0 Å². The van der Waals surface area contributed by atoms with Crippen LogP contribution in [-0.2, 0) is 4.79 Å². The summed E-state index contributed by atoms with van der Waals surface area (Å²) in [5.74, 6) is 5.10. The molecule has 0 fully saturated rings. The van der Waals surface area contributed by atoms with Crippen molar-refractivity contribution < 1.29 is 9.90 Å². The maximum Gasteiger partial charge on any atom is 0.304 e. The van der Waals surface area contributed by atoms with Crippen LogP contribution in [0.5, 0.6) is 0 Å². The zero-order chi connectivity index (χ0) is 11.9. The number of nitrogens with zero attached hydrogens (tertiary/aromatic N) is 1. The molecule has 0 atom stereocenters. The van der Waals surface area contributed by atoms with E-state index in [1.165, 1.54) is 0 Å². The number of rotatable bonds is 5. The Kier molecular flexibility index (Phi) is 6.03. The molecule has 0 bridgehead atoms. The highest BCUT2D eigenvalue weighted by molar-refractivity contribution is 5.66. The van der Waals surface area contributed by atoms with Crippen molar-refractivity contribution in [3.63, 3.8) is 0 Å². The standard InChI is InChI=1S/C12H21NO2/c1-5-6-7-9-13(12(2,3)4)10-8-11(14)15/h7-10H2,1-4H3,(H,14,15). The van der Waals surface area contributed by atoms with Crippen molar-refractivity contribution in [2.45, 2.75) is 46.1 Å². The summed E-state index contributed by atoms with van der Waals surface area (Å²) in [5, 5.41) is 8.65. The first kappa shape index (κ1) is 14.0. The summed E-state index contributed by atoms with van der Waals surface area (Å²) in [4.78, 5) is 12.7. The van der Waals surface area contributed by atoms with E-state index >= 15 is 0 Å². The lowest BCUT2D eigenvalue weighted by Crippen LogP contribution is -2.43. The van der Waals surface area contributed by atoms with Gasteiger partial charge in [0.2, 0.25) is 0 Å². The number of hydrogen-bond donors (Lipinski definition) is 1. The zero-order valence-corrected chi connectivity index (χ0v) is 10.1. The van der Waals surface area contributed by atoms with Crippen molar-refractivity contribution in [2.24, 2.45) is 0 Å². The van der Waals surface area contributed by atoms with Crippen LogP contribution in [-0.4, -0.2) is 34.6 Å². The number of aliphatic carboxylic acids is 1. The highest BCUT2D eigenvalue weighted by Crippen LogP contribution is 2.13. The monoisotopic (exact) mass is 211 g/mol. The van der Waals surface area contributed by atoms with Crippen LogP contribution in [0, 0.1) is 11.8 Å². The Hall–Kier alpha value is -1.01. The SMILES string of the molecule is CC#CCCN(CCC(=O)O)C(C)(C)C. The molecule has 0 saturated carbocycles. The Morgan fingerprint density at radius 2 is 1.93 bits per heavy atom. The molecule has 0 spiro atoms. The molecule has 0 aromatic carbocycles. The van der Waals surface area contributed by atoms with Gasteiger partial charge in [-0.15, -0.1) is 11.8 Å². The van der Waals surface area contributed by atoms with Gasteiger partial charge in [0.1, 0.15) is 0 Å². The van der Waals surface area contributed by atoms with E-state index < -0.39 is 5.97 Å². The number of carbonyl (C=O) groups is 1. The lowest BCUT2D eigenvalue weighted by molar-refractivity contribution is -0.137. The van der Waals surface area contributed by atoms with E-state index in [2.05, 4.69) is 37.5 Å². The average Bonchev–Trinajstić information content (AvgIpc) is 2.08. The first-order valence-corrected chi connectivity index (χ1v) is 5.24. The van der Waals surface area contributed by atoms with E-state index in [1.807, 2.05) is 6.92 Å². The van der Waals surface area contributed by atoms with E-state index in [1.54, 1.807) is 0 Å². The Balaban J connectivity index is 4.17. The molecule has 0 heterocycles. The van der Waals surface area contributed by atoms with Crippen molar-refractivity contribution >= 4 is 5.97 Å². The van der Waals surface area contributed by atoms with Crippen molar-refractivity contribution in [1.29, 1.82) is 0 Å². The summed E-state index contributed by atoms with van der Waals surface area (Å²) in [6, 6.07) is 0. The molecule has 3 heteroatoms. The Bertz CT molecular complexity index is 255. The topological polar surface area (TPSA) is 40.5 Å². The van der Waals surface area contributed by atoms with E-state index in [0.717, 1.165) is 13.0 Å². The van der Waals surface area contributed by atoms with Crippen LogP contribution >= 0.6 is 0 Å². The maximum atomic E-state index is 10.5. The summed E-state index contributed by atoms with van der Waals surface area (Å²) >= 11 is 0. The summed E-state index contributed by atoms with van der Waals surface area (Å²) in [6.45, 7) is 9.51. The molecule has 0 unspecified atom stereocenters. The summed E-state index contributed by atoms with van der Waals surface area (Å²) in [5.41, 5.74) is 0.00483. The van der Waals surface area contributed by atoms with Gasteiger partial charge in [0.15, 0.2) is 0 Å². The minimum absolute atomic E-state index is 0.00483. The smallest absolute Gasteiger partial charge is 0.304 e. The highest BCUT2D eigenvalue weighted by Gasteiger charge is 2.20. The van der Waals surface area contributed by atoms with Crippen molar-refractivity contribution in [1.82, 2.24) is 4.90 Å². The van der Waals surface area contributed by atoms with Crippen LogP contribution in [0.4, 0.5) is 0 Å². The molecule has 0 aromatic rings. The quantitative estimate of drug-likeness (QED) is 0.707. The van der Waals surface area contributed by atoms with Crippen LogP contribution in [0.2, 0.25) is 0 Å². The second-order valence-electron chi connectivity index (χ2n) is 4.48. The third-order valence-corrected chi connectivity index (χ3v) is 2.23. The predicted octanol–water partition coefficient (Wildman–Crippen LogP) is 1.98. The molecule has 0 saturated heterocycles. The predicted molar refractivity (Wildman–Crippen MR) is 61.6 cm³/mol. The second kappa shape index (κ2) is 6.47. The lowest BCUT2D eigenvalue weighted by Gasteiger charge is -2.34. The van der Waals surface area contributed by atoms with Crippen LogP contribution in [0.3, 0.4) is 0 Å². The molecule has 0 aliphatic carbocycles. The average molecular weight is 211 g/mol. The van der Waals surface area contributed by atoms with Gasteiger partial charge in [-0.25, -0.2) is 0 Å². The van der Waals surface area contributed by atoms with Crippen molar-refractivity contribution in [3.05, 3.63) is 0 Å². The fraction of sp³-hybridized carbons (Fsp3) is 0.750. The minimum Gasteiger partial charge on any atom is -0.481 e. The van der Waals surface area contributed by atoms with Gasteiger partial charge in [-0.05, 0) is 27.7 Å². The fourth-order valence-corrected chi connectivity index (χ4v) is 1.33. The highest BCUT2D eigenvalue weighted by atomic mass is 16.4. The van der Waals surface area contributed by atoms with Crippen LogP contribution in [0.1, 0.15) is 40.5 Å².